The average molecular weight is 368 g/mol. The summed E-state index contributed by atoms with van der Waals surface area (Å²) < 4.78 is 1.13. The molecule has 3 nitrogen and oxygen atoms in total. The summed E-state index contributed by atoms with van der Waals surface area (Å²) in [5.74, 6) is 0.399. The second kappa shape index (κ2) is 14.5. The smallest absolute Gasteiger partial charge is 0.222 e. The topological polar surface area (TPSA) is 20.3 Å². The lowest BCUT2D eigenvalue weighted by molar-refractivity contribution is -0.911. The number of nitrogens with zero attached hydrogens (tertiary/aromatic N) is 2. The number of hydrogen-bond acceptors (Lipinski definition) is 1. The zero-order valence-electron chi connectivity index (χ0n) is 18.2. The van der Waals surface area contributed by atoms with E-state index in [1.54, 1.807) is 0 Å². The van der Waals surface area contributed by atoms with Crippen LogP contribution in [0.3, 0.4) is 0 Å². The molecule has 1 aliphatic heterocycles. The Morgan fingerprint density at radius 1 is 0.731 bits per heavy atom. The van der Waals surface area contributed by atoms with Crippen LogP contribution >= 0.6 is 0 Å². The Morgan fingerprint density at radius 3 is 1.58 bits per heavy atom. The molecule has 154 valence electrons. The lowest BCUT2D eigenvalue weighted by Gasteiger charge is -2.41. The van der Waals surface area contributed by atoms with Crippen LogP contribution in [0.25, 0.3) is 0 Å². The standard InChI is InChI=1S/C23H47N2O/c1-4-6-7-8-9-10-11-12-13-14-15-16-17-18-23(26)24-19-21-25(3,5-2)22-20-24/h4-22H2,1-3H3/q+1. The zero-order chi connectivity index (χ0) is 19.1. The van der Waals surface area contributed by atoms with Crippen molar-refractivity contribution >= 4 is 5.91 Å². The van der Waals surface area contributed by atoms with E-state index >= 15 is 0 Å². The molecule has 0 atom stereocenters. The largest absolute Gasteiger partial charge is 0.331 e. The molecule has 0 bridgehead atoms. The molecule has 1 rings (SSSR count). The first-order chi connectivity index (χ1) is 12.6. The summed E-state index contributed by atoms with van der Waals surface area (Å²) in [6, 6.07) is 0. The van der Waals surface area contributed by atoms with Crippen LogP contribution in [0, 0.1) is 0 Å². The minimum atomic E-state index is 0.399. The summed E-state index contributed by atoms with van der Waals surface area (Å²) in [7, 11) is 2.31. The lowest BCUT2D eigenvalue weighted by atomic mass is 10.0. The molecule has 1 aliphatic rings. The van der Waals surface area contributed by atoms with Crippen molar-refractivity contribution in [2.75, 3.05) is 39.8 Å². The quantitative estimate of drug-likeness (QED) is 0.265. The van der Waals surface area contributed by atoms with Crippen LogP contribution in [0.15, 0.2) is 0 Å². The number of likely N-dealkylation sites (N-methyl/N-ethyl adjacent to an activating group) is 1. The number of piperazine rings is 1. The first kappa shape index (κ1) is 23.5. The van der Waals surface area contributed by atoms with Gasteiger partial charge in [0.05, 0.1) is 39.8 Å². The maximum absolute atomic E-state index is 12.3. The number of carbonyl (C=O) groups is 1. The van der Waals surface area contributed by atoms with E-state index in [4.69, 9.17) is 0 Å². The molecule has 0 saturated carbocycles. The Labute approximate surface area is 164 Å². The second-order valence-electron chi connectivity index (χ2n) is 8.76. The van der Waals surface area contributed by atoms with Gasteiger partial charge in [0.15, 0.2) is 0 Å². The number of carbonyl (C=O) groups excluding carboxylic acids is 1. The van der Waals surface area contributed by atoms with Crippen molar-refractivity contribution in [2.45, 2.75) is 104 Å². The van der Waals surface area contributed by atoms with Crippen molar-refractivity contribution < 1.29 is 9.28 Å². The van der Waals surface area contributed by atoms with E-state index in [-0.39, 0.29) is 0 Å². The third kappa shape index (κ3) is 10.5. The molecule has 1 amide bonds. The predicted octanol–water partition coefficient (Wildman–Crippen LogP) is 5.78. The molecule has 1 heterocycles. The third-order valence-electron chi connectivity index (χ3n) is 6.43. The molecule has 1 saturated heterocycles. The molecular weight excluding hydrogens is 320 g/mol. The van der Waals surface area contributed by atoms with Crippen molar-refractivity contribution in [1.82, 2.24) is 4.90 Å². The van der Waals surface area contributed by atoms with Crippen LogP contribution in [0.4, 0.5) is 0 Å². The van der Waals surface area contributed by atoms with Crippen molar-refractivity contribution in [3.63, 3.8) is 0 Å². The summed E-state index contributed by atoms with van der Waals surface area (Å²) in [6.45, 7) is 9.89. The van der Waals surface area contributed by atoms with Gasteiger partial charge in [0.25, 0.3) is 0 Å². The van der Waals surface area contributed by atoms with Crippen LogP contribution in [-0.4, -0.2) is 55.1 Å². The normalized spacial score (nSPS) is 16.8. The summed E-state index contributed by atoms with van der Waals surface area (Å²) in [4.78, 5) is 14.4. The van der Waals surface area contributed by atoms with Gasteiger partial charge < -0.3 is 9.38 Å². The minimum Gasteiger partial charge on any atom is -0.331 e. The van der Waals surface area contributed by atoms with Crippen LogP contribution in [0.1, 0.15) is 104 Å². The average Bonchev–Trinajstić information content (AvgIpc) is 2.66. The molecular formula is C23H47N2O+. The first-order valence-electron chi connectivity index (χ1n) is 11.7. The van der Waals surface area contributed by atoms with Gasteiger partial charge in [-0.1, -0.05) is 84.0 Å². The molecule has 1 fully saturated rings. The summed E-state index contributed by atoms with van der Waals surface area (Å²) in [6.07, 6.45) is 18.5. The fourth-order valence-corrected chi connectivity index (χ4v) is 3.97. The van der Waals surface area contributed by atoms with E-state index < -0.39 is 0 Å². The van der Waals surface area contributed by atoms with Crippen molar-refractivity contribution in [3.8, 4) is 0 Å². The Bertz CT molecular complexity index is 348. The number of amides is 1. The van der Waals surface area contributed by atoms with Crippen LogP contribution in [0.2, 0.25) is 0 Å². The molecule has 0 N–H and O–H groups in total. The number of rotatable bonds is 15. The van der Waals surface area contributed by atoms with E-state index in [9.17, 15) is 4.79 Å². The Kier molecular flexibility index (Phi) is 13.1. The highest BCUT2D eigenvalue weighted by molar-refractivity contribution is 5.76. The number of hydrogen-bond donors (Lipinski definition) is 0. The minimum absolute atomic E-state index is 0.399. The van der Waals surface area contributed by atoms with Gasteiger partial charge in [0.2, 0.25) is 5.91 Å². The van der Waals surface area contributed by atoms with Crippen molar-refractivity contribution in [2.24, 2.45) is 0 Å². The molecule has 0 aromatic rings. The molecule has 3 heteroatoms. The van der Waals surface area contributed by atoms with Gasteiger partial charge in [-0.05, 0) is 13.3 Å². The third-order valence-corrected chi connectivity index (χ3v) is 6.43. The molecule has 0 aromatic carbocycles. The summed E-state index contributed by atoms with van der Waals surface area (Å²) in [5, 5.41) is 0. The highest BCUT2D eigenvalue weighted by atomic mass is 16.2. The molecule has 0 unspecified atom stereocenters. The summed E-state index contributed by atoms with van der Waals surface area (Å²) >= 11 is 0. The van der Waals surface area contributed by atoms with Crippen molar-refractivity contribution in [1.29, 1.82) is 0 Å². The fraction of sp³-hybridized carbons (Fsp3) is 0.957. The fourth-order valence-electron chi connectivity index (χ4n) is 3.97. The van der Waals surface area contributed by atoms with Gasteiger partial charge in [-0.15, -0.1) is 0 Å². The maximum atomic E-state index is 12.3. The van der Waals surface area contributed by atoms with Gasteiger partial charge in [-0.25, -0.2) is 0 Å². The Morgan fingerprint density at radius 2 is 1.15 bits per heavy atom. The Hall–Kier alpha value is -0.570. The van der Waals surface area contributed by atoms with Gasteiger partial charge in [-0.3, -0.25) is 4.79 Å². The second-order valence-corrected chi connectivity index (χ2v) is 8.76. The number of quaternary nitrogens is 1. The van der Waals surface area contributed by atoms with E-state index in [1.807, 2.05) is 0 Å². The van der Waals surface area contributed by atoms with E-state index in [1.165, 1.54) is 83.6 Å². The highest BCUT2D eigenvalue weighted by Gasteiger charge is 2.28. The zero-order valence-corrected chi connectivity index (χ0v) is 18.2. The predicted molar refractivity (Wildman–Crippen MR) is 113 cm³/mol. The molecule has 26 heavy (non-hydrogen) atoms. The van der Waals surface area contributed by atoms with Gasteiger partial charge in [0, 0.05) is 6.42 Å². The molecule has 0 radical (unpaired) electrons. The van der Waals surface area contributed by atoms with Gasteiger partial charge >= 0.3 is 0 Å². The van der Waals surface area contributed by atoms with Gasteiger partial charge in [0.1, 0.15) is 0 Å². The Balaban J connectivity index is 1.86. The molecule has 0 spiro atoms. The summed E-state index contributed by atoms with van der Waals surface area (Å²) in [5.41, 5.74) is 0. The van der Waals surface area contributed by atoms with E-state index in [0.717, 1.165) is 43.5 Å². The molecule has 0 aliphatic carbocycles. The SMILES string of the molecule is CCCCCCCCCCCCCCCC(=O)N1CC[N+](C)(CC)CC1. The highest BCUT2D eigenvalue weighted by Crippen LogP contribution is 2.14. The molecule has 0 aromatic heterocycles. The van der Waals surface area contributed by atoms with Crippen molar-refractivity contribution in [3.05, 3.63) is 0 Å². The lowest BCUT2D eigenvalue weighted by Crippen LogP contribution is -2.58. The first-order valence-corrected chi connectivity index (χ1v) is 11.7. The number of unbranched alkanes of at least 4 members (excludes halogenated alkanes) is 12. The monoisotopic (exact) mass is 367 g/mol. The maximum Gasteiger partial charge on any atom is 0.222 e. The van der Waals surface area contributed by atoms with Crippen LogP contribution in [-0.2, 0) is 4.79 Å². The van der Waals surface area contributed by atoms with Crippen LogP contribution in [0.5, 0.6) is 0 Å². The van der Waals surface area contributed by atoms with E-state index in [0.29, 0.717) is 5.91 Å². The van der Waals surface area contributed by atoms with Gasteiger partial charge in [-0.2, -0.15) is 0 Å². The van der Waals surface area contributed by atoms with Crippen LogP contribution < -0.4 is 0 Å². The van der Waals surface area contributed by atoms with E-state index in [2.05, 4.69) is 25.8 Å².